The zero-order valence-electron chi connectivity index (χ0n) is 7.70. The zero-order valence-corrected chi connectivity index (χ0v) is 7.70. The summed E-state index contributed by atoms with van der Waals surface area (Å²) in [6, 6.07) is 2.68. The van der Waals surface area contributed by atoms with Crippen molar-refractivity contribution in [2.45, 2.75) is 13.3 Å². The van der Waals surface area contributed by atoms with E-state index in [1.54, 1.807) is 6.92 Å². The number of aliphatic carboxylic acids is 1. The average Bonchev–Trinajstić information content (AvgIpc) is 2.16. The molecule has 0 fully saturated rings. The van der Waals surface area contributed by atoms with E-state index < -0.39 is 11.8 Å². The van der Waals surface area contributed by atoms with Crippen LogP contribution in [-0.2, 0) is 4.79 Å². The van der Waals surface area contributed by atoms with Gasteiger partial charge in [-0.2, -0.15) is 0 Å². The Kier molecular flexibility index (Phi) is 3.34. The molecule has 1 aromatic heterocycles. The monoisotopic (exact) mass is 195 g/mol. The number of carboxylic acids is 1. The van der Waals surface area contributed by atoms with E-state index in [1.807, 2.05) is 0 Å². The van der Waals surface area contributed by atoms with Crippen LogP contribution in [0.15, 0.2) is 23.9 Å². The van der Waals surface area contributed by atoms with Gasteiger partial charge in [0, 0.05) is 5.57 Å². The SMILES string of the molecule is CCC(=Cc1ccc(F)cn1)C(=O)O. The topological polar surface area (TPSA) is 50.2 Å². The highest BCUT2D eigenvalue weighted by molar-refractivity contribution is 5.91. The first-order valence-corrected chi connectivity index (χ1v) is 4.19. The molecule has 0 aliphatic carbocycles. The number of hydrogen-bond donors (Lipinski definition) is 1. The molecule has 3 nitrogen and oxygen atoms in total. The predicted molar refractivity (Wildman–Crippen MR) is 50.1 cm³/mol. The second-order valence-corrected chi connectivity index (χ2v) is 2.73. The Balaban J connectivity index is 2.95. The molecule has 0 spiro atoms. The van der Waals surface area contributed by atoms with E-state index in [9.17, 15) is 9.18 Å². The molecule has 0 radical (unpaired) electrons. The predicted octanol–water partition coefficient (Wildman–Crippen LogP) is 2.10. The second-order valence-electron chi connectivity index (χ2n) is 2.73. The third-order valence-corrected chi connectivity index (χ3v) is 1.73. The highest BCUT2D eigenvalue weighted by Gasteiger charge is 2.04. The van der Waals surface area contributed by atoms with Gasteiger partial charge in [-0.05, 0) is 24.6 Å². The molecule has 0 saturated carbocycles. The average molecular weight is 195 g/mol. The molecule has 0 unspecified atom stereocenters. The van der Waals surface area contributed by atoms with Crippen molar-refractivity contribution in [1.29, 1.82) is 0 Å². The molecule has 1 N–H and O–H groups in total. The third-order valence-electron chi connectivity index (χ3n) is 1.73. The van der Waals surface area contributed by atoms with Crippen LogP contribution in [0.4, 0.5) is 4.39 Å². The largest absolute Gasteiger partial charge is 0.478 e. The number of halogens is 1. The summed E-state index contributed by atoms with van der Waals surface area (Å²) in [4.78, 5) is 14.4. The fraction of sp³-hybridized carbons (Fsp3) is 0.200. The highest BCUT2D eigenvalue weighted by atomic mass is 19.1. The van der Waals surface area contributed by atoms with Crippen LogP contribution in [-0.4, -0.2) is 16.1 Å². The summed E-state index contributed by atoms with van der Waals surface area (Å²) in [5.41, 5.74) is 0.703. The first-order valence-electron chi connectivity index (χ1n) is 4.19. The van der Waals surface area contributed by atoms with Crippen molar-refractivity contribution < 1.29 is 14.3 Å². The molecule has 4 heteroatoms. The molecule has 0 saturated heterocycles. The number of hydrogen-bond acceptors (Lipinski definition) is 2. The maximum atomic E-state index is 12.5. The summed E-state index contributed by atoms with van der Waals surface area (Å²) in [6.45, 7) is 1.74. The van der Waals surface area contributed by atoms with Crippen molar-refractivity contribution in [3.8, 4) is 0 Å². The summed E-state index contributed by atoms with van der Waals surface area (Å²) in [5, 5.41) is 8.72. The normalized spacial score (nSPS) is 11.4. The van der Waals surface area contributed by atoms with Crippen LogP contribution in [0.2, 0.25) is 0 Å². The Morgan fingerprint density at radius 2 is 2.36 bits per heavy atom. The molecule has 14 heavy (non-hydrogen) atoms. The van der Waals surface area contributed by atoms with Crippen LogP contribution in [0, 0.1) is 5.82 Å². The van der Waals surface area contributed by atoms with E-state index in [0.29, 0.717) is 12.1 Å². The molecular weight excluding hydrogens is 185 g/mol. The first kappa shape index (κ1) is 10.4. The van der Waals surface area contributed by atoms with E-state index in [0.717, 1.165) is 6.20 Å². The minimum atomic E-state index is -0.973. The molecule has 1 rings (SSSR count). The van der Waals surface area contributed by atoms with Crippen molar-refractivity contribution in [3.63, 3.8) is 0 Å². The van der Waals surface area contributed by atoms with E-state index in [2.05, 4.69) is 4.98 Å². The van der Waals surface area contributed by atoms with Crippen LogP contribution in [0.3, 0.4) is 0 Å². The van der Waals surface area contributed by atoms with Gasteiger partial charge in [0.25, 0.3) is 0 Å². The van der Waals surface area contributed by atoms with Gasteiger partial charge in [0.2, 0.25) is 0 Å². The lowest BCUT2D eigenvalue weighted by Gasteiger charge is -1.97. The molecule has 0 amide bonds. The summed E-state index contributed by atoms with van der Waals surface area (Å²) in [6.07, 6.45) is 2.90. The molecular formula is C10H10FNO2. The molecule has 1 aromatic rings. The van der Waals surface area contributed by atoms with Gasteiger partial charge in [-0.25, -0.2) is 9.18 Å². The minimum Gasteiger partial charge on any atom is -0.478 e. The number of nitrogens with zero attached hydrogens (tertiary/aromatic N) is 1. The van der Waals surface area contributed by atoms with Crippen LogP contribution >= 0.6 is 0 Å². The number of rotatable bonds is 3. The fourth-order valence-corrected chi connectivity index (χ4v) is 0.966. The van der Waals surface area contributed by atoms with E-state index in [4.69, 9.17) is 5.11 Å². The van der Waals surface area contributed by atoms with Crippen LogP contribution in [0.5, 0.6) is 0 Å². The number of pyridine rings is 1. The lowest BCUT2D eigenvalue weighted by atomic mass is 10.1. The Hall–Kier alpha value is -1.71. The number of aromatic nitrogens is 1. The Morgan fingerprint density at radius 1 is 1.64 bits per heavy atom. The fourth-order valence-electron chi connectivity index (χ4n) is 0.966. The van der Waals surface area contributed by atoms with Crippen molar-refractivity contribution >= 4 is 12.0 Å². The molecule has 1 heterocycles. The van der Waals surface area contributed by atoms with Gasteiger partial charge in [-0.15, -0.1) is 0 Å². The Morgan fingerprint density at radius 3 is 2.79 bits per heavy atom. The van der Waals surface area contributed by atoms with Crippen molar-refractivity contribution in [3.05, 3.63) is 35.4 Å². The molecule has 0 atom stereocenters. The molecule has 0 aliphatic heterocycles. The van der Waals surface area contributed by atoms with Gasteiger partial charge in [0.15, 0.2) is 0 Å². The second kappa shape index (κ2) is 4.50. The lowest BCUT2D eigenvalue weighted by molar-refractivity contribution is -0.132. The summed E-state index contributed by atoms with van der Waals surface area (Å²) in [5.74, 6) is -1.41. The molecule has 0 bridgehead atoms. The van der Waals surface area contributed by atoms with Gasteiger partial charge in [0.1, 0.15) is 5.82 Å². The van der Waals surface area contributed by atoms with E-state index in [-0.39, 0.29) is 5.57 Å². The summed E-state index contributed by atoms with van der Waals surface area (Å²) >= 11 is 0. The maximum Gasteiger partial charge on any atom is 0.331 e. The quantitative estimate of drug-likeness (QED) is 0.751. The van der Waals surface area contributed by atoms with Crippen molar-refractivity contribution in [2.24, 2.45) is 0 Å². The van der Waals surface area contributed by atoms with Gasteiger partial charge in [0.05, 0.1) is 11.9 Å². The van der Waals surface area contributed by atoms with Gasteiger partial charge in [-0.3, -0.25) is 4.98 Å². The highest BCUT2D eigenvalue weighted by Crippen LogP contribution is 2.08. The zero-order chi connectivity index (χ0) is 10.6. The molecule has 74 valence electrons. The third kappa shape index (κ3) is 2.65. The molecule has 0 aliphatic rings. The van der Waals surface area contributed by atoms with Crippen LogP contribution < -0.4 is 0 Å². The molecule has 0 aromatic carbocycles. The van der Waals surface area contributed by atoms with Crippen LogP contribution in [0.1, 0.15) is 19.0 Å². The van der Waals surface area contributed by atoms with E-state index >= 15 is 0 Å². The van der Waals surface area contributed by atoms with E-state index in [1.165, 1.54) is 18.2 Å². The summed E-state index contributed by atoms with van der Waals surface area (Å²) < 4.78 is 12.5. The lowest BCUT2D eigenvalue weighted by Crippen LogP contribution is -1.99. The first-order chi connectivity index (χ1) is 6.63. The summed E-state index contributed by atoms with van der Waals surface area (Å²) in [7, 11) is 0. The standard InChI is InChI=1S/C10H10FNO2/c1-2-7(10(13)14)5-9-4-3-8(11)6-12-9/h3-6H,2H2,1H3,(H,13,14). The van der Waals surface area contributed by atoms with Crippen molar-refractivity contribution in [2.75, 3.05) is 0 Å². The van der Waals surface area contributed by atoms with Gasteiger partial charge < -0.3 is 5.11 Å². The van der Waals surface area contributed by atoms with Gasteiger partial charge >= 0.3 is 5.97 Å². The van der Waals surface area contributed by atoms with Crippen molar-refractivity contribution in [1.82, 2.24) is 4.98 Å². The van der Waals surface area contributed by atoms with Crippen LogP contribution in [0.25, 0.3) is 6.08 Å². The number of carboxylic acid groups (broad SMARTS) is 1. The van der Waals surface area contributed by atoms with Gasteiger partial charge in [-0.1, -0.05) is 6.92 Å². The Bertz CT molecular complexity index is 357. The maximum absolute atomic E-state index is 12.5. The smallest absolute Gasteiger partial charge is 0.331 e. The number of carbonyl (C=O) groups is 1. The Labute approximate surface area is 80.9 Å². The minimum absolute atomic E-state index is 0.254.